The molecule has 0 spiro atoms. The minimum Gasteiger partial charge on any atom is -0.392 e. The van der Waals surface area contributed by atoms with Gasteiger partial charge < -0.3 is 14.9 Å². The van der Waals surface area contributed by atoms with Crippen molar-refractivity contribution in [1.82, 2.24) is 4.90 Å². The number of hydrogen-bond acceptors (Lipinski definition) is 5. The fraction of sp³-hybridized carbons (Fsp3) is 0.667. The van der Waals surface area contributed by atoms with Crippen LogP contribution < -0.4 is 0 Å². The van der Waals surface area contributed by atoms with Gasteiger partial charge in [-0.25, -0.2) is 0 Å². The number of likely N-dealkylation sites (tertiary alicyclic amines) is 1. The lowest BCUT2D eigenvalue weighted by molar-refractivity contribution is 0.0126. The molecule has 2 N–H and O–H groups in total. The Bertz CT molecular complexity index is 318. The summed E-state index contributed by atoms with van der Waals surface area (Å²) in [5.41, 5.74) is 0. The van der Waals surface area contributed by atoms with Crippen molar-refractivity contribution in [3.05, 3.63) is 22.4 Å². The number of hydrogen-bond donors (Lipinski definition) is 2. The van der Waals surface area contributed by atoms with E-state index in [9.17, 15) is 10.2 Å². The Morgan fingerprint density at radius 1 is 1.59 bits per heavy atom. The van der Waals surface area contributed by atoms with E-state index in [1.165, 1.54) is 4.88 Å². The van der Waals surface area contributed by atoms with Crippen molar-refractivity contribution in [2.24, 2.45) is 0 Å². The van der Waals surface area contributed by atoms with Crippen LogP contribution in [0.3, 0.4) is 0 Å². The van der Waals surface area contributed by atoms with Gasteiger partial charge in [-0.2, -0.15) is 0 Å². The van der Waals surface area contributed by atoms with E-state index in [4.69, 9.17) is 4.74 Å². The minimum absolute atomic E-state index is 0.228. The molecule has 2 rings (SSSR count). The number of aliphatic hydroxyl groups is 2. The lowest BCUT2D eigenvalue weighted by Gasteiger charge is -2.19. The molecule has 0 amide bonds. The highest BCUT2D eigenvalue weighted by atomic mass is 32.1. The first kappa shape index (κ1) is 13.0. The molecule has 0 bridgehead atoms. The zero-order chi connectivity index (χ0) is 12.1. The van der Waals surface area contributed by atoms with Crippen LogP contribution in [0.5, 0.6) is 0 Å². The molecule has 1 aromatic rings. The monoisotopic (exact) mass is 257 g/mol. The van der Waals surface area contributed by atoms with Gasteiger partial charge in [0.05, 0.1) is 25.4 Å². The Kier molecular flexibility index (Phi) is 4.94. The van der Waals surface area contributed by atoms with Crippen LogP contribution in [0.4, 0.5) is 0 Å². The van der Waals surface area contributed by atoms with Crippen molar-refractivity contribution in [1.29, 1.82) is 0 Å². The van der Waals surface area contributed by atoms with Gasteiger partial charge in [0.2, 0.25) is 0 Å². The molecule has 2 unspecified atom stereocenters. The summed E-state index contributed by atoms with van der Waals surface area (Å²) in [6.45, 7) is 3.04. The van der Waals surface area contributed by atoms with Crippen molar-refractivity contribution >= 4 is 11.3 Å². The SMILES string of the molecule is OC1CCN(CC(O)COCc2cccs2)C1. The number of ether oxygens (including phenoxy) is 1. The molecule has 2 atom stereocenters. The Morgan fingerprint density at radius 2 is 2.47 bits per heavy atom. The molecule has 0 radical (unpaired) electrons. The molecule has 0 aliphatic carbocycles. The van der Waals surface area contributed by atoms with E-state index in [-0.39, 0.29) is 6.10 Å². The number of nitrogens with zero attached hydrogens (tertiary/aromatic N) is 1. The molecular formula is C12H19NO3S. The minimum atomic E-state index is -0.472. The molecular weight excluding hydrogens is 238 g/mol. The van der Waals surface area contributed by atoms with E-state index in [0.29, 0.717) is 26.3 Å². The molecule has 1 fully saturated rings. The summed E-state index contributed by atoms with van der Waals surface area (Å²) in [5.74, 6) is 0. The second-order valence-corrected chi connectivity index (χ2v) is 5.48. The van der Waals surface area contributed by atoms with Crippen LogP contribution in [0.15, 0.2) is 17.5 Å². The van der Waals surface area contributed by atoms with Crippen molar-refractivity contribution in [3.8, 4) is 0 Å². The predicted octanol–water partition coefficient (Wildman–Crippen LogP) is 0.692. The third kappa shape index (κ3) is 4.37. The van der Waals surface area contributed by atoms with Crippen LogP contribution in [-0.4, -0.2) is 53.6 Å². The average Bonchev–Trinajstić information content (AvgIpc) is 2.90. The van der Waals surface area contributed by atoms with E-state index >= 15 is 0 Å². The van der Waals surface area contributed by atoms with E-state index in [1.54, 1.807) is 11.3 Å². The van der Waals surface area contributed by atoms with E-state index in [2.05, 4.69) is 4.90 Å². The molecule has 96 valence electrons. The zero-order valence-electron chi connectivity index (χ0n) is 9.79. The van der Waals surface area contributed by atoms with Gasteiger partial charge >= 0.3 is 0 Å². The van der Waals surface area contributed by atoms with Gasteiger partial charge in [-0.15, -0.1) is 11.3 Å². The highest BCUT2D eigenvalue weighted by Crippen LogP contribution is 2.11. The highest BCUT2D eigenvalue weighted by Gasteiger charge is 2.22. The average molecular weight is 257 g/mol. The summed E-state index contributed by atoms with van der Waals surface area (Å²) >= 11 is 1.66. The van der Waals surface area contributed by atoms with Gasteiger partial charge in [0, 0.05) is 24.5 Å². The smallest absolute Gasteiger partial charge is 0.0900 e. The molecule has 5 heteroatoms. The molecule has 1 saturated heterocycles. The molecule has 1 aromatic heterocycles. The Hall–Kier alpha value is -0.460. The van der Waals surface area contributed by atoms with E-state index < -0.39 is 6.10 Å². The van der Waals surface area contributed by atoms with Gasteiger partial charge in [-0.1, -0.05) is 6.07 Å². The van der Waals surface area contributed by atoms with Crippen molar-refractivity contribution in [2.45, 2.75) is 25.2 Å². The Labute approximate surface area is 105 Å². The van der Waals surface area contributed by atoms with Gasteiger partial charge in [-0.3, -0.25) is 4.90 Å². The molecule has 1 aliphatic heterocycles. The number of β-amino-alcohol motifs (C(OH)–C–C–N with tert-alkyl or cyclic N) is 2. The lowest BCUT2D eigenvalue weighted by atomic mass is 10.3. The summed E-state index contributed by atoms with van der Waals surface area (Å²) in [6.07, 6.45) is 0.109. The fourth-order valence-corrected chi connectivity index (χ4v) is 2.66. The molecule has 17 heavy (non-hydrogen) atoms. The molecule has 1 aliphatic rings. The van der Waals surface area contributed by atoms with Crippen molar-refractivity contribution < 1.29 is 14.9 Å². The number of aliphatic hydroxyl groups excluding tert-OH is 2. The van der Waals surface area contributed by atoms with Crippen LogP contribution in [0.2, 0.25) is 0 Å². The molecule has 2 heterocycles. The normalized spacial score (nSPS) is 23.1. The topological polar surface area (TPSA) is 52.9 Å². The molecule has 0 aromatic carbocycles. The van der Waals surface area contributed by atoms with E-state index in [1.807, 2.05) is 17.5 Å². The third-order valence-corrected chi connectivity index (χ3v) is 3.70. The first-order chi connectivity index (χ1) is 8.24. The van der Waals surface area contributed by atoms with Gasteiger partial charge in [-0.05, 0) is 17.9 Å². The van der Waals surface area contributed by atoms with Gasteiger partial charge in [0.1, 0.15) is 0 Å². The van der Waals surface area contributed by atoms with Crippen LogP contribution in [0, 0.1) is 0 Å². The highest BCUT2D eigenvalue weighted by molar-refractivity contribution is 7.09. The number of rotatable bonds is 6. The van der Waals surface area contributed by atoms with Crippen molar-refractivity contribution in [3.63, 3.8) is 0 Å². The summed E-state index contributed by atoms with van der Waals surface area (Å²) in [7, 11) is 0. The lowest BCUT2D eigenvalue weighted by Crippen LogP contribution is -2.33. The molecule has 4 nitrogen and oxygen atoms in total. The summed E-state index contributed by atoms with van der Waals surface area (Å²) < 4.78 is 5.45. The maximum atomic E-state index is 9.78. The van der Waals surface area contributed by atoms with Crippen LogP contribution >= 0.6 is 11.3 Å². The first-order valence-electron chi connectivity index (χ1n) is 5.92. The van der Waals surface area contributed by atoms with E-state index in [0.717, 1.165) is 13.0 Å². The van der Waals surface area contributed by atoms with Crippen molar-refractivity contribution in [2.75, 3.05) is 26.2 Å². The second kappa shape index (κ2) is 6.47. The van der Waals surface area contributed by atoms with Crippen LogP contribution in [0.25, 0.3) is 0 Å². The largest absolute Gasteiger partial charge is 0.392 e. The fourth-order valence-electron chi connectivity index (χ4n) is 2.02. The van der Waals surface area contributed by atoms with Crippen LogP contribution in [0.1, 0.15) is 11.3 Å². The maximum absolute atomic E-state index is 9.78. The summed E-state index contributed by atoms with van der Waals surface area (Å²) in [5, 5.41) is 21.2. The maximum Gasteiger partial charge on any atom is 0.0900 e. The van der Waals surface area contributed by atoms with Crippen LogP contribution in [-0.2, 0) is 11.3 Å². The quantitative estimate of drug-likeness (QED) is 0.787. The second-order valence-electron chi connectivity index (χ2n) is 4.45. The Morgan fingerprint density at radius 3 is 3.12 bits per heavy atom. The third-order valence-electron chi connectivity index (χ3n) is 2.85. The predicted molar refractivity (Wildman–Crippen MR) is 67.0 cm³/mol. The first-order valence-corrected chi connectivity index (χ1v) is 6.80. The van der Waals surface area contributed by atoms with Gasteiger partial charge in [0.25, 0.3) is 0 Å². The zero-order valence-corrected chi connectivity index (χ0v) is 10.6. The van der Waals surface area contributed by atoms with Gasteiger partial charge in [0.15, 0.2) is 0 Å². The summed E-state index contributed by atoms with van der Waals surface area (Å²) in [4.78, 5) is 3.25. The Balaban J connectivity index is 1.59. The number of thiophene rings is 1. The summed E-state index contributed by atoms with van der Waals surface area (Å²) in [6, 6.07) is 4.01. The standard InChI is InChI=1S/C12H19NO3S/c14-10-3-4-13(6-10)7-11(15)8-16-9-12-2-1-5-17-12/h1-2,5,10-11,14-15H,3-4,6-9H2. The molecule has 0 saturated carbocycles.